The zero-order chi connectivity index (χ0) is 14.0. The summed E-state index contributed by atoms with van der Waals surface area (Å²) in [6.07, 6.45) is 7.13. The summed E-state index contributed by atoms with van der Waals surface area (Å²) in [5.41, 5.74) is 5.61. The lowest BCUT2D eigenvalue weighted by atomic mass is 9.79. The van der Waals surface area contributed by atoms with Gasteiger partial charge in [-0.05, 0) is 55.1 Å². The van der Waals surface area contributed by atoms with Crippen molar-refractivity contribution < 1.29 is 4.74 Å². The van der Waals surface area contributed by atoms with Gasteiger partial charge in [0.05, 0.1) is 11.6 Å². The number of pyridine rings is 1. The molecular weight excluding hydrogens is 270 g/mol. The van der Waals surface area contributed by atoms with E-state index in [0.717, 1.165) is 25.2 Å². The zero-order valence-corrected chi connectivity index (χ0v) is 12.8. The van der Waals surface area contributed by atoms with E-state index in [0.29, 0.717) is 5.92 Å². The number of hydrogen-bond donors (Lipinski definition) is 2. The van der Waals surface area contributed by atoms with Crippen LogP contribution in [0.1, 0.15) is 36.4 Å². The third-order valence-electron chi connectivity index (χ3n) is 4.66. The van der Waals surface area contributed by atoms with Crippen molar-refractivity contribution in [2.45, 2.75) is 37.8 Å². The van der Waals surface area contributed by atoms with E-state index in [-0.39, 0.29) is 11.6 Å². The van der Waals surface area contributed by atoms with Crippen molar-refractivity contribution in [3.63, 3.8) is 0 Å². The summed E-state index contributed by atoms with van der Waals surface area (Å²) in [5, 5.41) is 0. The zero-order valence-electron chi connectivity index (χ0n) is 12.0. The fraction of sp³-hybridized carbons (Fsp3) is 0.667. The van der Waals surface area contributed by atoms with Gasteiger partial charge in [0.25, 0.3) is 0 Å². The first-order chi connectivity index (χ1) is 9.74. The van der Waals surface area contributed by atoms with Crippen molar-refractivity contribution in [1.82, 2.24) is 10.4 Å². The minimum absolute atomic E-state index is 0.0960. The summed E-state index contributed by atoms with van der Waals surface area (Å²) in [6.45, 7) is 2.98. The molecule has 110 valence electrons. The van der Waals surface area contributed by atoms with Crippen molar-refractivity contribution in [1.29, 1.82) is 0 Å². The Morgan fingerprint density at radius 2 is 2.50 bits per heavy atom. The number of nitrogens with one attached hydrogen (secondary N) is 1. The summed E-state index contributed by atoms with van der Waals surface area (Å²) >= 11 is 2.01. The smallest absolute Gasteiger partial charge is 0.0783 e. The molecule has 2 fully saturated rings. The normalized spacial score (nSPS) is 31.6. The molecule has 0 amide bonds. The molecule has 0 saturated carbocycles. The van der Waals surface area contributed by atoms with Gasteiger partial charge in [0.15, 0.2) is 0 Å². The van der Waals surface area contributed by atoms with E-state index in [4.69, 9.17) is 10.6 Å². The summed E-state index contributed by atoms with van der Waals surface area (Å²) < 4.78 is 6.11. The predicted molar refractivity (Wildman–Crippen MR) is 82.4 cm³/mol. The maximum atomic E-state index is 6.11. The lowest BCUT2D eigenvalue weighted by Gasteiger charge is -2.41. The van der Waals surface area contributed by atoms with E-state index >= 15 is 0 Å². The SMILES string of the molecule is Cc1ccncc1C(NN)C1CCOC2(CCSC2)C1. The molecule has 0 aliphatic carbocycles. The molecule has 3 unspecified atom stereocenters. The monoisotopic (exact) mass is 293 g/mol. The molecule has 3 heterocycles. The lowest BCUT2D eigenvalue weighted by molar-refractivity contribution is -0.0854. The maximum Gasteiger partial charge on any atom is 0.0783 e. The lowest BCUT2D eigenvalue weighted by Crippen LogP contribution is -2.45. The Morgan fingerprint density at radius 3 is 3.20 bits per heavy atom. The predicted octanol–water partition coefficient (Wildman–Crippen LogP) is 2.20. The first-order valence-electron chi connectivity index (χ1n) is 7.32. The van der Waals surface area contributed by atoms with Gasteiger partial charge in [0.2, 0.25) is 0 Å². The molecule has 2 aliphatic heterocycles. The van der Waals surface area contributed by atoms with Gasteiger partial charge in [-0.15, -0.1) is 0 Å². The van der Waals surface area contributed by atoms with E-state index in [1.165, 1.54) is 23.3 Å². The van der Waals surface area contributed by atoms with Crippen molar-refractivity contribution in [2.24, 2.45) is 11.8 Å². The molecule has 0 aromatic carbocycles. The van der Waals surface area contributed by atoms with Crippen LogP contribution in [0.5, 0.6) is 0 Å². The van der Waals surface area contributed by atoms with E-state index in [1.807, 2.05) is 24.2 Å². The molecule has 20 heavy (non-hydrogen) atoms. The molecule has 1 aromatic rings. The fourth-order valence-corrected chi connectivity index (χ4v) is 4.87. The highest BCUT2D eigenvalue weighted by Gasteiger charge is 2.42. The van der Waals surface area contributed by atoms with Crippen LogP contribution in [0, 0.1) is 12.8 Å². The Bertz CT molecular complexity index is 462. The molecule has 4 nitrogen and oxygen atoms in total. The Labute approximate surface area is 124 Å². The number of nitrogens with zero attached hydrogens (tertiary/aromatic N) is 1. The van der Waals surface area contributed by atoms with E-state index in [9.17, 15) is 0 Å². The Hall–Kier alpha value is -0.620. The van der Waals surface area contributed by atoms with Crippen LogP contribution in [-0.2, 0) is 4.74 Å². The van der Waals surface area contributed by atoms with Gasteiger partial charge >= 0.3 is 0 Å². The first kappa shape index (κ1) is 14.3. The third-order valence-corrected chi connectivity index (χ3v) is 5.89. The molecule has 3 rings (SSSR count). The average molecular weight is 293 g/mol. The molecule has 3 N–H and O–H groups in total. The Morgan fingerprint density at radius 1 is 1.60 bits per heavy atom. The van der Waals surface area contributed by atoms with Crippen LogP contribution in [-0.4, -0.2) is 28.7 Å². The van der Waals surface area contributed by atoms with Crippen molar-refractivity contribution >= 4 is 11.8 Å². The molecule has 5 heteroatoms. The molecular formula is C15H23N3OS. The highest BCUT2D eigenvalue weighted by Crippen LogP contribution is 2.44. The Balaban J connectivity index is 1.81. The number of ether oxygens (including phenoxy) is 1. The van der Waals surface area contributed by atoms with Crippen molar-refractivity contribution in [3.8, 4) is 0 Å². The van der Waals surface area contributed by atoms with E-state index < -0.39 is 0 Å². The van der Waals surface area contributed by atoms with E-state index in [2.05, 4.69) is 23.4 Å². The Kier molecular flexibility index (Phi) is 4.31. The van der Waals surface area contributed by atoms with Gasteiger partial charge in [-0.2, -0.15) is 11.8 Å². The average Bonchev–Trinajstić information content (AvgIpc) is 2.90. The number of thioether (sulfide) groups is 1. The van der Waals surface area contributed by atoms with Crippen LogP contribution in [0.25, 0.3) is 0 Å². The fourth-order valence-electron chi connectivity index (χ4n) is 3.50. The molecule has 2 aliphatic rings. The number of aromatic nitrogens is 1. The number of hydrogen-bond acceptors (Lipinski definition) is 5. The second-order valence-corrected chi connectivity index (χ2v) is 7.07. The maximum absolute atomic E-state index is 6.11. The summed E-state index contributed by atoms with van der Waals surface area (Å²) in [4.78, 5) is 4.27. The van der Waals surface area contributed by atoms with Crippen molar-refractivity contribution in [3.05, 3.63) is 29.6 Å². The summed E-state index contributed by atoms with van der Waals surface area (Å²) in [5.74, 6) is 8.74. The van der Waals surface area contributed by atoms with Gasteiger partial charge in [-0.3, -0.25) is 16.3 Å². The highest BCUT2D eigenvalue weighted by molar-refractivity contribution is 7.99. The molecule has 3 atom stereocenters. The topological polar surface area (TPSA) is 60.2 Å². The second kappa shape index (κ2) is 6.02. The molecule has 1 spiro atoms. The van der Waals surface area contributed by atoms with Crippen LogP contribution in [0.3, 0.4) is 0 Å². The number of hydrazine groups is 1. The minimum atomic E-state index is 0.0960. The van der Waals surface area contributed by atoms with Crippen LogP contribution in [0.4, 0.5) is 0 Å². The molecule has 1 aromatic heterocycles. The van der Waals surface area contributed by atoms with E-state index in [1.54, 1.807) is 0 Å². The van der Waals surface area contributed by atoms with Crippen LogP contribution < -0.4 is 11.3 Å². The number of nitrogens with two attached hydrogens (primary N) is 1. The van der Waals surface area contributed by atoms with Crippen LogP contribution >= 0.6 is 11.8 Å². The number of rotatable bonds is 3. The van der Waals surface area contributed by atoms with Crippen molar-refractivity contribution in [2.75, 3.05) is 18.1 Å². The van der Waals surface area contributed by atoms with Crippen LogP contribution in [0.2, 0.25) is 0 Å². The molecule has 0 bridgehead atoms. The van der Waals surface area contributed by atoms with Gasteiger partial charge in [0.1, 0.15) is 0 Å². The van der Waals surface area contributed by atoms with Gasteiger partial charge < -0.3 is 4.74 Å². The second-order valence-electron chi connectivity index (χ2n) is 5.96. The standard InChI is InChI=1S/C15H23N3OS/c1-11-2-5-17-9-13(11)14(18-16)12-3-6-19-15(8-12)4-7-20-10-15/h2,5,9,12,14,18H,3-4,6-8,10,16H2,1H3. The quantitative estimate of drug-likeness (QED) is 0.661. The largest absolute Gasteiger partial charge is 0.374 e. The third kappa shape index (κ3) is 2.72. The van der Waals surface area contributed by atoms with Gasteiger partial charge in [0, 0.05) is 24.8 Å². The summed E-state index contributed by atoms with van der Waals surface area (Å²) in [6, 6.07) is 2.23. The first-order valence-corrected chi connectivity index (χ1v) is 8.48. The molecule has 0 radical (unpaired) electrons. The van der Waals surface area contributed by atoms with Gasteiger partial charge in [-0.1, -0.05) is 0 Å². The van der Waals surface area contributed by atoms with Gasteiger partial charge in [-0.25, -0.2) is 0 Å². The summed E-state index contributed by atoms with van der Waals surface area (Å²) in [7, 11) is 0. The number of aryl methyl sites for hydroxylation is 1. The molecule has 2 saturated heterocycles. The van der Waals surface area contributed by atoms with Crippen LogP contribution in [0.15, 0.2) is 18.5 Å². The highest BCUT2D eigenvalue weighted by atomic mass is 32.2. The minimum Gasteiger partial charge on any atom is -0.374 e.